The number of nitrogen functional groups attached to an aromatic ring is 1. The van der Waals surface area contributed by atoms with Gasteiger partial charge < -0.3 is 20.3 Å². The molecule has 1 fully saturated rings. The zero-order chi connectivity index (χ0) is 14.7. The number of rotatable bonds is 5. The van der Waals surface area contributed by atoms with Gasteiger partial charge in [-0.2, -0.15) is 4.98 Å². The fourth-order valence-electron chi connectivity index (χ4n) is 2.59. The van der Waals surface area contributed by atoms with Crippen LogP contribution in [0.4, 0.5) is 11.5 Å². The van der Waals surface area contributed by atoms with E-state index in [4.69, 9.17) is 10.5 Å². The van der Waals surface area contributed by atoms with Crippen LogP contribution in [0.25, 0.3) is 0 Å². The molecule has 0 aliphatic carbocycles. The SMILES string of the molecule is CC(C)Oc1nc(N(C)CC2CCCN2C)ccc1N. The molecule has 2 rings (SSSR count). The minimum Gasteiger partial charge on any atom is -0.473 e. The largest absolute Gasteiger partial charge is 0.473 e. The number of aromatic nitrogens is 1. The summed E-state index contributed by atoms with van der Waals surface area (Å²) < 4.78 is 5.65. The van der Waals surface area contributed by atoms with Crippen molar-refractivity contribution in [3.8, 4) is 5.88 Å². The number of ether oxygens (including phenoxy) is 1. The van der Waals surface area contributed by atoms with Crippen LogP contribution in [0.15, 0.2) is 12.1 Å². The van der Waals surface area contributed by atoms with Crippen LogP contribution in [-0.4, -0.2) is 49.2 Å². The van der Waals surface area contributed by atoms with Crippen molar-refractivity contribution in [1.29, 1.82) is 0 Å². The van der Waals surface area contributed by atoms with E-state index in [1.165, 1.54) is 19.4 Å². The molecule has 1 aromatic heterocycles. The Morgan fingerprint density at radius 1 is 1.50 bits per heavy atom. The Bertz CT molecular complexity index is 449. The number of nitrogens with two attached hydrogens (primary N) is 1. The van der Waals surface area contributed by atoms with Crippen molar-refractivity contribution in [1.82, 2.24) is 9.88 Å². The molecule has 112 valence electrons. The van der Waals surface area contributed by atoms with Crippen molar-refractivity contribution in [2.75, 3.05) is 37.8 Å². The zero-order valence-electron chi connectivity index (χ0n) is 13.0. The summed E-state index contributed by atoms with van der Waals surface area (Å²) >= 11 is 0. The monoisotopic (exact) mass is 278 g/mol. The van der Waals surface area contributed by atoms with Crippen LogP contribution in [0.1, 0.15) is 26.7 Å². The lowest BCUT2D eigenvalue weighted by Gasteiger charge is -2.27. The summed E-state index contributed by atoms with van der Waals surface area (Å²) in [6.07, 6.45) is 2.61. The molecule has 0 saturated carbocycles. The number of likely N-dealkylation sites (tertiary alicyclic amines) is 1. The molecule has 1 aromatic rings. The maximum atomic E-state index is 5.91. The molecular weight excluding hydrogens is 252 g/mol. The minimum absolute atomic E-state index is 0.0753. The van der Waals surface area contributed by atoms with Crippen LogP contribution in [-0.2, 0) is 0 Å². The molecule has 2 heterocycles. The van der Waals surface area contributed by atoms with Gasteiger partial charge in [0.25, 0.3) is 0 Å². The summed E-state index contributed by atoms with van der Waals surface area (Å²) in [5, 5.41) is 0. The van der Waals surface area contributed by atoms with Crippen LogP contribution in [0, 0.1) is 0 Å². The third-order valence-electron chi connectivity index (χ3n) is 3.77. The summed E-state index contributed by atoms with van der Waals surface area (Å²) in [4.78, 5) is 9.14. The van der Waals surface area contributed by atoms with Gasteiger partial charge >= 0.3 is 0 Å². The summed E-state index contributed by atoms with van der Waals surface area (Å²) in [6, 6.07) is 4.43. The molecule has 0 spiro atoms. The van der Waals surface area contributed by atoms with Crippen molar-refractivity contribution < 1.29 is 4.74 Å². The number of anilines is 2. The normalized spacial score (nSPS) is 19.6. The van der Waals surface area contributed by atoms with Crippen molar-refractivity contribution in [2.45, 2.75) is 38.8 Å². The van der Waals surface area contributed by atoms with Gasteiger partial charge in [-0.25, -0.2) is 0 Å². The van der Waals surface area contributed by atoms with Crippen LogP contribution < -0.4 is 15.4 Å². The Morgan fingerprint density at radius 3 is 2.85 bits per heavy atom. The Labute approximate surface area is 121 Å². The summed E-state index contributed by atoms with van der Waals surface area (Å²) in [5.74, 6) is 1.44. The minimum atomic E-state index is 0.0753. The maximum Gasteiger partial charge on any atom is 0.239 e. The van der Waals surface area contributed by atoms with E-state index in [-0.39, 0.29) is 6.10 Å². The Hall–Kier alpha value is -1.49. The summed E-state index contributed by atoms with van der Waals surface area (Å²) in [7, 11) is 4.26. The Kier molecular flexibility index (Phi) is 4.70. The van der Waals surface area contributed by atoms with Crippen LogP contribution in [0.3, 0.4) is 0 Å². The zero-order valence-corrected chi connectivity index (χ0v) is 13.0. The number of likely N-dealkylation sites (N-methyl/N-ethyl adjacent to an activating group) is 2. The predicted octanol–water partition coefficient (Wildman–Crippen LogP) is 1.98. The molecule has 1 saturated heterocycles. The average molecular weight is 278 g/mol. The quantitative estimate of drug-likeness (QED) is 0.892. The summed E-state index contributed by atoms with van der Waals surface area (Å²) in [5.41, 5.74) is 6.50. The molecular formula is C15H26N4O. The topological polar surface area (TPSA) is 54.6 Å². The van der Waals surface area contributed by atoms with Gasteiger partial charge in [0.2, 0.25) is 5.88 Å². The van der Waals surface area contributed by atoms with Crippen molar-refractivity contribution in [3.63, 3.8) is 0 Å². The van der Waals surface area contributed by atoms with E-state index in [0.717, 1.165) is 12.4 Å². The van der Waals surface area contributed by atoms with Gasteiger partial charge in [-0.05, 0) is 52.4 Å². The molecule has 5 heteroatoms. The number of hydrogen-bond acceptors (Lipinski definition) is 5. The maximum absolute atomic E-state index is 5.91. The first-order valence-electron chi connectivity index (χ1n) is 7.32. The fourth-order valence-corrected chi connectivity index (χ4v) is 2.59. The molecule has 1 atom stereocenters. The average Bonchev–Trinajstić information content (AvgIpc) is 2.77. The highest BCUT2D eigenvalue weighted by Crippen LogP contribution is 2.25. The van der Waals surface area contributed by atoms with Gasteiger partial charge in [-0.3, -0.25) is 0 Å². The van der Waals surface area contributed by atoms with Gasteiger partial charge in [0.15, 0.2) is 0 Å². The Balaban J connectivity index is 2.07. The lowest BCUT2D eigenvalue weighted by Crippen LogP contribution is -2.37. The second-order valence-corrected chi connectivity index (χ2v) is 5.89. The standard InChI is InChI=1S/C15H26N4O/c1-11(2)20-15-13(16)7-8-14(17-15)19(4)10-12-6-5-9-18(12)3/h7-8,11-12H,5-6,9-10,16H2,1-4H3. The van der Waals surface area contributed by atoms with Gasteiger partial charge in [0.05, 0.1) is 11.8 Å². The van der Waals surface area contributed by atoms with E-state index in [1.807, 2.05) is 26.0 Å². The molecule has 0 amide bonds. The van der Waals surface area contributed by atoms with Crippen LogP contribution in [0.2, 0.25) is 0 Å². The lowest BCUT2D eigenvalue weighted by molar-refractivity contribution is 0.234. The molecule has 0 bridgehead atoms. The molecule has 0 radical (unpaired) electrons. The van der Waals surface area contributed by atoms with Crippen LogP contribution in [0.5, 0.6) is 5.88 Å². The number of pyridine rings is 1. The van der Waals surface area contributed by atoms with Gasteiger partial charge in [0, 0.05) is 19.6 Å². The molecule has 20 heavy (non-hydrogen) atoms. The van der Waals surface area contributed by atoms with Crippen molar-refractivity contribution in [2.24, 2.45) is 0 Å². The van der Waals surface area contributed by atoms with Gasteiger partial charge in [0.1, 0.15) is 5.82 Å². The van der Waals surface area contributed by atoms with E-state index < -0.39 is 0 Å². The second-order valence-electron chi connectivity index (χ2n) is 5.89. The smallest absolute Gasteiger partial charge is 0.239 e. The number of hydrogen-bond donors (Lipinski definition) is 1. The van der Waals surface area contributed by atoms with Gasteiger partial charge in [-0.1, -0.05) is 0 Å². The molecule has 1 aliphatic rings. The lowest BCUT2D eigenvalue weighted by atomic mass is 10.2. The Morgan fingerprint density at radius 2 is 2.25 bits per heavy atom. The van der Waals surface area contributed by atoms with E-state index in [1.54, 1.807) is 0 Å². The first-order chi connectivity index (χ1) is 9.47. The molecule has 2 N–H and O–H groups in total. The van der Waals surface area contributed by atoms with Crippen molar-refractivity contribution >= 4 is 11.5 Å². The van der Waals surface area contributed by atoms with E-state index in [9.17, 15) is 0 Å². The highest BCUT2D eigenvalue weighted by atomic mass is 16.5. The molecule has 5 nitrogen and oxygen atoms in total. The third-order valence-corrected chi connectivity index (χ3v) is 3.77. The van der Waals surface area contributed by atoms with Crippen LogP contribution >= 0.6 is 0 Å². The third kappa shape index (κ3) is 3.54. The van der Waals surface area contributed by atoms with E-state index in [0.29, 0.717) is 17.6 Å². The number of nitrogens with zero attached hydrogens (tertiary/aromatic N) is 3. The first-order valence-corrected chi connectivity index (χ1v) is 7.32. The van der Waals surface area contributed by atoms with E-state index >= 15 is 0 Å². The molecule has 0 aromatic carbocycles. The van der Waals surface area contributed by atoms with E-state index in [2.05, 4.69) is 28.9 Å². The van der Waals surface area contributed by atoms with Gasteiger partial charge in [-0.15, -0.1) is 0 Å². The molecule has 1 aliphatic heterocycles. The first kappa shape index (κ1) is 14.9. The predicted molar refractivity (Wildman–Crippen MR) is 83.3 cm³/mol. The molecule has 1 unspecified atom stereocenters. The second kappa shape index (κ2) is 6.31. The van der Waals surface area contributed by atoms with Crippen molar-refractivity contribution in [3.05, 3.63) is 12.1 Å². The summed E-state index contributed by atoms with van der Waals surface area (Å²) in [6.45, 7) is 6.12. The fraction of sp³-hybridized carbons (Fsp3) is 0.667. The highest BCUT2D eigenvalue weighted by molar-refractivity contribution is 5.54. The highest BCUT2D eigenvalue weighted by Gasteiger charge is 2.22.